The number of methoxy groups -OCH3 is 1. The smallest absolute Gasteiger partial charge is 0.353 e. The molecule has 0 saturated heterocycles. The second kappa shape index (κ2) is 5.32. The topological polar surface area (TPSA) is 75.2 Å². The largest absolute Gasteiger partial charge is 0.495 e. The predicted molar refractivity (Wildman–Crippen MR) is 71.9 cm³/mol. The van der Waals surface area contributed by atoms with Crippen LogP contribution in [-0.4, -0.2) is 28.4 Å². The molecule has 1 heterocycles. The van der Waals surface area contributed by atoms with Gasteiger partial charge in [-0.3, -0.25) is 5.10 Å². The molecule has 2 N–H and O–H groups in total. The first-order valence-electron chi connectivity index (χ1n) is 5.72. The van der Waals surface area contributed by atoms with E-state index >= 15 is 0 Å². The highest BCUT2D eigenvalue weighted by Crippen LogP contribution is 2.33. The lowest BCUT2D eigenvalue weighted by molar-refractivity contribution is 0.0690. The molecule has 0 saturated carbocycles. The first kappa shape index (κ1) is 13.4. The molecule has 0 spiro atoms. The van der Waals surface area contributed by atoms with E-state index in [9.17, 15) is 4.79 Å². The molecule has 6 heteroatoms. The van der Waals surface area contributed by atoms with E-state index in [0.29, 0.717) is 16.5 Å². The number of H-pyrrole nitrogens is 1. The van der Waals surface area contributed by atoms with E-state index in [1.165, 1.54) is 6.07 Å². The second-order valence-electron chi connectivity index (χ2n) is 3.97. The fourth-order valence-corrected chi connectivity index (χ4v) is 2.09. The van der Waals surface area contributed by atoms with Crippen molar-refractivity contribution in [1.82, 2.24) is 10.2 Å². The van der Waals surface area contributed by atoms with E-state index in [4.69, 9.17) is 21.4 Å². The molecule has 0 radical (unpaired) electrons. The minimum absolute atomic E-state index is 0.0454. The third-order valence-electron chi connectivity index (χ3n) is 2.84. The number of carbonyl (C=O) groups is 1. The number of hydrogen-bond acceptors (Lipinski definition) is 3. The van der Waals surface area contributed by atoms with Crippen LogP contribution in [0.1, 0.15) is 23.0 Å². The van der Waals surface area contributed by atoms with Crippen molar-refractivity contribution in [3.8, 4) is 17.0 Å². The SMILES string of the molecule is CCc1cc(OC)c(Cl)cc1-c1cc(C(=O)O)[nH]n1. The summed E-state index contributed by atoms with van der Waals surface area (Å²) in [5, 5.41) is 15.8. The van der Waals surface area contributed by atoms with Gasteiger partial charge in [0.15, 0.2) is 0 Å². The first-order chi connectivity index (χ1) is 9.06. The molecule has 0 aliphatic rings. The zero-order valence-corrected chi connectivity index (χ0v) is 11.3. The van der Waals surface area contributed by atoms with Crippen LogP contribution < -0.4 is 4.74 Å². The summed E-state index contributed by atoms with van der Waals surface area (Å²) in [6.07, 6.45) is 0.762. The van der Waals surface area contributed by atoms with Crippen LogP contribution in [0, 0.1) is 0 Å². The van der Waals surface area contributed by atoms with Crippen molar-refractivity contribution in [2.45, 2.75) is 13.3 Å². The van der Waals surface area contributed by atoms with Crippen molar-refractivity contribution in [1.29, 1.82) is 0 Å². The Morgan fingerprint density at radius 2 is 2.21 bits per heavy atom. The zero-order chi connectivity index (χ0) is 14.0. The molecule has 2 aromatic rings. The van der Waals surface area contributed by atoms with E-state index in [2.05, 4.69) is 10.2 Å². The Morgan fingerprint density at radius 3 is 2.74 bits per heavy atom. The molecular formula is C13H13ClN2O3. The van der Waals surface area contributed by atoms with Crippen LogP contribution in [0.3, 0.4) is 0 Å². The zero-order valence-electron chi connectivity index (χ0n) is 10.5. The fourth-order valence-electron chi connectivity index (χ4n) is 1.85. The Labute approximate surface area is 115 Å². The van der Waals surface area contributed by atoms with Gasteiger partial charge < -0.3 is 9.84 Å². The molecule has 1 aromatic heterocycles. The molecule has 0 bridgehead atoms. The van der Waals surface area contributed by atoms with Crippen molar-refractivity contribution < 1.29 is 14.6 Å². The van der Waals surface area contributed by atoms with Crippen molar-refractivity contribution in [2.24, 2.45) is 0 Å². The van der Waals surface area contributed by atoms with Crippen molar-refractivity contribution in [2.75, 3.05) is 7.11 Å². The fraction of sp³-hybridized carbons (Fsp3) is 0.231. The van der Waals surface area contributed by atoms with Crippen LogP contribution in [0.4, 0.5) is 0 Å². The third-order valence-corrected chi connectivity index (χ3v) is 3.14. The van der Waals surface area contributed by atoms with Crippen LogP contribution in [0.2, 0.25) is 5.02 Å². The van der Waals surface area contributed by atoms with Gasteiger partial charge in [-0.25, -0.2) is 4.79 Å². The van der Waals surface area contributed by atoms with Gasteiger partial charge in [0.2, 0.25) is 0 Å². The number of carboxylic acid groups (broad SMARTS) is 1. The average Bonchev–Trinajstić information content (AvgIpc) is 2.88. The van der Waals surface area contributed by atoms with Gasteiger partial charge in [0.1, 0.15) is 11.4 Å². The number of nitrogens with one attached hydrogen (secondary N) is 1. The van der Waals surface area contributed by atoms with Crippen molar-refractivity contribution in [3.63, 3.8) is 0 Å². The Balaban J connectivity index is 2.53. The summed E-state index contributed by atoms with van der Waals surface area (Å²) in [4.78, 5) is 10.9. The van der Waals surface area contributed by atoms with E-state index in [1.54, 1.807) is 13.2 Å². The molecule has 0 fully saturated rings. The number of aromatic nitrogens is 2. The van der Waals surface area contributed by atoms with Gasteiger partial charge in [-0.1, -0.05) is 18.5 Å². The van der Waals surface area contributed by atoms with Gasteiger partial charge in [-0.05, 0) is 30.2 Å². The van der Waals surface area contributed by atoms with Crippen LogP contribution in [0.25, 0.3) is 11.3 Å². The van der Waals surface area contributed by atoms with Crippen molar-refractivity contribution >= 4 is 17.6 Å². The Morgan fingerprint density at radius 1 is 1.47 bits per heavy atom. The minimum atomic E-state index is -1.04. The number of nitrogens with zero attached hydrogens (tertiary/aromatic N) is 1. The molecule has 0 aliphatic heterocycles. The maximum Gasteiger partial charge on any atom is 0.353 e. The molecule has 5 nitrogen and oxygen atoms in total. The Hall–Kier alpha value is -2.01. The van der Waals surface area contributed by atoms with Crippen LogP contribution in [0.5, 0.6) is 5.75 Å². The normalized spacial score (nSPS) is 10.5. The van der Waals surface area contributed by atoms with E-state index in [0.717, 1.165) is 17.5 Å². The van der Waals surface area contributed by atoms with Gasteiger partial charge in [-0.2, -0.15) is 5.10 Å². The number of aryl methyl sites for hydroxylation is 1. The Bertz CT molecular complexity index is 622. The predicted octanol–water partition coefficient (Wildman–Crippen LogP) is 3.00. The number of benzene rings is 1. The standard InChI is InChI=1S/C13H13ClN2O3/c1-3-7-4-12(19-2)9(14)5-8(7)10-6-11(13(17)18)16-15-10/h4-6H,3H2,1-2H3,(H,15,16)(H,17,18). The number of aromatic amines is 1. The van der Waals surface area contributed by atoms with E-state index < -0.39 is 5.97 Å². The maximum atomic E-state index is 10.9. The van der Waals surface area contributed by atoms with Crippen molar-refractivity contribution in [3.05, 3.63) is 34.5 Å². The van der Waals surface area contributed by atoms with Gasteiger partial charge in [0.25, 0.3) is 0 Å². The highest BCUT2D eigenvalue weighted by molar-refractivity contribution is 6.32. The number of halogens is 1. The number of aromatic carboxylic acids is 1. The lowest BCUT2D eigenvalue weighted by Gasteiger charge is -2.10. The van der Waals surface area contributed by atoms with Crippen LogP contribution in [-0.2, 0) is 6.42 Å². The second-order valence-corrected chi connectivity index (χ2v) is 4.38. The molecule has 0 unspecified atom stereocenters. The molecule has 19 heavy (non-hydrogen) atoms. The van der Waals surface area contributed by atoms with Gasteiger partial charge in [0, 0.05) is 5.56 Å². The quantitative estimate of drug-likeness (QED) is 0.903. The highest BCUT2D eigenvalue weighted by atomic mass is 35.5. The lowest BCUT2D eigenvalue weighted by atomic mass is 10.0. The summed E-state index contributed by atoms with van der Waals surface area (Å²) in [6, 6.07) is 5.06. The average molecular weight is 281 g/mol. The third kappa shape index (κ3) is 2.56. The molecule has 2 rings (SSSR count). The highest BCUT2D eigenvalue weighted by Gasteiger charge is 2.14. The summed E-state index contributed by atoms with van der Waals surface area (Å²) in [6.45, 7) is 2.00. The molecular weight excluding hydrogens is 268 g/mol. The summed E-state index contributed by atoms with van der Waals surface area (Å²) in [5.74, 6) is -0.451. The number of hydrogen-bond donors (Lipinski definition) is 2. The van der Waals surface area contributed by atoms with Crippen LogP contribution >= 0.6 is 11.6 Å². The minimum Gasteiger partial charge on any atom is -0.495 e. The summed E-state index contributed by atoms with van der Waals surface area (Å²) < 4.78 is 5.17. The molecule has 0 atom stereocenters. The van der Waals surface area contributed by atoms with Gasteiger partial charge in [-0.15, -0.1) is 0 Å². The summed E-state index contributed by atoms with van der Waals surface area (Å²) in [7, 11) is 1.55. The van der Waals surface area contributed by atoms with E-state index in [-0.39, 0.29) is 5.69 Å². The maximum absolute atomic E-state index is 10.9. The summed E-state index contributed by atoms with van der Waals surface area (Å²) >= 11 is 6.10. The molecule has 100 valence electrons. The lowest BCUT2D eigenvalue weighted by Crippen LogP contribution is -1.95. The molecule has 0 aliphatic carbocycles. The summed E-state index contributed by atoms with van der Waals surface area (Å²) in [5.41, 5.74) is 2.39. The van der Waals surface area contributed by atoms with E-state index in [1.807, 2.05) is 13.0 Å². The van der Waals surface area contributed by atoms with Crippen LogP contribution in [0.15, 0.2) is 18.2 Å². The Kier molecular flexibility index (Phi) is 3.76. The number of carboxylic acids is 1. The van der Waals surface area contributed by atoms with Gasteiger partial charge in [0.05, 0.1) is 17.8 Å². The number of ether oxygens (including phenoxy) is 1. The molecule has 1 aromatic carbocycles. The first-order valence-corrected chi connectivity index (χ1v) is 6.10. The van der Waals surface area contributed by atoms with Gasteiger partial charge >= 0.3 is 5.97 Å². The molecule has 0 amide bonds. The number of rotatable bonds is 4. The monoisotopic (exact) mass is 280 g/mol.